The van der Waals surface area contributed by atoms with E-state index >= 15 is 0 Å². The Morgan fingerprint density at radius 1 is 1.20 bits per heavy atom. The van der Waals surface area contributed by atoms with E-state index in [-0.39, 0.29) is 23.9 Å². The van der Waals surface area contributed by atoms with E-state index in [4.69, 9.17) is 11.6 Å². The Hall–Kier alpha value is -2.11. The number of nitrogens with zero attached hydrogens (tertiary/aromatic N) is 1. The van der Waals surface area contributed by atoms with Crippen LogP contribution in [-0.2, 0) is 0 Å². The third-order valence-corrected chi connectivity index (χ3v) is 4.38. The normalized spacial score (nSPS) is 13.4. The number of carbonyl (C=O) groups excluding carboxylic acids is 1. The molecule has 0 fully saturated rings. The molecular weight excluding hydrogens is 341 g/mol. The van der Waals surface area contributed by atoms with Crippen LogP contribution in [-0.4, -0.2) is 31.6 Å². The van der Waals surface area contributed by atoms with Gasteiger partial charge in [0.1, 0.15) is 5.82 Å². The standard InChI is InChI=1S/C19H23ClFN3O/c1-13(16-9-4-5-10-17(16)20)23-19(25)22-12-18(24(2)3)14-7-6-8-15(21)11-14/h4-11,13,18H,12H2,1-3H3,(H2,22,23,25). The minimum absolute atomic E-state index is 0.128. The van der Waals surface area contributed by atoms with Gasteiger partial charge >= 0.3 is 6.03 Å². The third-order valence-electron chi connectivity index (χ3n) is 4.03. The summed E-state index contributed by atoms with van der Waals surface area (Å²) in [7, 11) is 3.78. The maximum atomic E-state index is 13.5. The summed E-state index contributed by atoms with van der Waals surface area (Å²) in [6.07, 6.45) is 0. The highest BCUT2D eigenvalue weighted by molar-refractivity contribution is 6.31. The van der Waals surface area contributed by atoms with Crippen LogP contribution in [0.25, 0.3) is 0 Å². The van der Waals surface area contributed by atoms with Gasteiger partial charge in [0.05, 0.1) is 12.1 Å². The van der Waals surface area contributed by atoms with Crippen LogP contribution in [0.3, 0.4) is 0 Å². The van der Waals surface area contributed by atoms with E-state index in [1.807, 2.05) is 50.2 Å². The molecule has 2 N–H and O–H groups in total. The van der Waals surface area contributed by atoms with Gasteiger partial charge in [-0.1, -0.05) is 41.9 Å². The van der Waals surface area contributed by atoms with E-state index in [0.717, 1.165) is 11.1 Å². The minimum atomic E-state index is -0.296. The molecule has 0 aliphatic heterocycles. The van der Waals surface area contributed by atoms with Crippen LogP contribution in [0.1, 0.15) is 30.1 Å². The van der Waals surface area contributed by atoms with Gasteiger partial charge in [0.15, 0.2) is 0 Å². The summed E-state index contributed by atoms with van der Waals surface area (Å²) in [6.45, 7) is 2.23. The minimum Gasteiger partial charge on any atom is -0.336 e. The highest BCUT2D eigenvalue weighted by atomic mass is 35.5. The Labute approximate surface area is 153 Å². The number of hydrogen-bond donors (Lipinski definition) is 2. The smallest absolute Gasteiger partial charge is 0.315 e. The molecule has 134 valence electrons. The SMILES string of the molecule is CC(NC(=O)NCC(c1cccc(F)c1)N(C)C)c1ccccc1Cl. The van der Waals surface area contributed by atoms with Crippen LogP contribution in [0, 0.1) is 5.82 Å². The van der Waals surface area contributed by atoms with E-state index < -0.39 is 0 Å². The van der Waals surface area contributed by atoms with E-state index in [9.17, 15) is 9.18 Å². The fraction of sp³-hybridized carbons (Fsp3) is 0.316. The number of hydrogen-bond acceptors (Lipinski definition) is 2. The maximum Gasteiger partial charge on any atom is 0.315 e. The summed E-state index contributed by atoms with van der Waals surface area (Å²) < 4.78 is 13.5. The molecule has 4 nitrogen and oxygen atoms in total. The van der Waals surface area contributed by atoms with Crippen LogP contribution in [0.4, 0.5) is 9.18 Å². The van der Waals surface area contributed by atoms with Gasteiger partial charge in [-0.25, -0.2) is 9.18 Å². The van der Waals surface area contributed by atoms with E-state index in [1.165, 1.54) is 12.1 Å². The summed E-state index contributed by atoms with van der Waals surface area (Å²) in [5.74, 6) is -0.291. The predicted molar refractivity (Wildman–Crippen MR) is 99.2 cm³/mol. The first-order valence-corrected chi connectivity index (χ1v) is 8.47. The summed E-state index contributed by atoms with van der Waals surface area (Å²) in [6, 6.07) is 13.1. The van der Waals surface area contributed by atoms with Crippen molar-refractivity contribution in [1.29, 1.82) is 0 Å². The lowest BCUT2D eigenvalue weighted by atomic mass is 10.1. The van der Waals surface area contributed by atoms with E-state index in [0.29, 0.717) is 11.6 Å². The van der Waals surface area contributed by atoms with Crippen molar-refractivity contribution in [2.24, 2.45) is 0 Å². The van der Waals surface area contributed by atoms with Gasteiger partial charge < -0.3 is 15.5 Å². The van der Waals surface area contributed by atoms with Gasteiger partial charge in [-0.2, -0.15) is 0 Å². The summed E-state index contributed by atoms with van der Waals surface area (Å²) in [5, 5.41) is 6.32. The average Bonchev–Trinajstić information content (AvgIpc) is 2.55. The number of amides is 2. The number of nitrogens with one attached hydrogen (secondary N) is 2. The molecule has 0 bridgehead atoms. The molecule has 6 heteroatoms. The Balaban J connectivity index is 1.96. The zero-order valence-corrected chi connectivity index (χ0v) is 15.3. The van der Waals surface area contributed by atoms with Crippen LogP contribution in [0.5, 0.6) is 0 Å². The van der Waals surface area contributed by atoms with Crippen molar-refractivity contribution < 1.29 is 9.18 Å². The molecule has 0 spiro atoms. The first kappa shape index (κ1) is 19.2. The molecule has 0 aliphatic rings. The second-order valence-electron chi connectivity index (χ2n) is 6.13. The van der Waals surface area contributed by atoms with Crippen LogP contribution in [0.15, 0.2) is 48.5 Å². The molecule has 25 heavy (non-hydrogen) atoms. The number of benzene rings is 2. The number of likely N-dealkylation sites (N-methyl/N-ethyl adjacent to an activating group) is 1. The lowest BCUT2D eigenvalue weighted by molar-refractivity contribution is 0.230. The van der Waals surface area contributed by atoms with Gasteiger partial charge in [0, 0.05) is 11.6 Å². The number of rotatable bonds is 6. The first-order chi connectivity index (χ1) is 11.9. The Bertz CT molecular complexity index is 723. The lowest BCUT2D eigenvalue weighted by Gasteiger charge is -2.25. The Morgan fingerprint density at radius 3 is 2.56 bits per heavy atom. The number of urea groups is 1. The van der Waals surface area contributed by atoms with Crippen molar-refractivity contribution in [3.05, 3.63) is 70.5 Å². The highest BCUT2D eigenvalue weighted by Crippen LogP contribution is 2.22. The molecule has 2 amide bonds. The van der Waals surface area contributed by atoms with Gasteiger partial charge in [-0.05, 0) is 50.3 Å². The molecule has 2 aromatic carbocycles. The molecular formula is C19H23ClFN3O. The molecule has 0 heterocycles. The largest absolute Gasteiger partial charge is 0.336 e. The fourth-order valence-electron chi connectivity index (χ4n) is 2.65. The summed E-state index contributed by atoms with van der Waals surface area (Å²) >= 11 is 6.15. The molecule has 2 rings (SSSR count). The molecule has 0 aliphatic carbocycles. The van der Waals surface area contributed by atoms with Gasteiger partial charge in [0.2, 0.25) is 0 Å². The van der Waals surface area contributed by atoms with Gasteiger partial charge in [0.25, 0.3) is 0 Å². The second kappa shape index (κ2) is 8.83. The monoisotopic (exact) mass is 363 g/mol. The second-order valence-corrected chi connectivity index (χ2v) is 6.54. The van der Waals surface area contributed by atoms with Crippen molar-refractivity contribution >= 4 is 17.6 Å². The molecule has 0 saturated carbocycles. The summed E-state index contributed by atoms with van der Waals surface area (Å²) in [5.41, 5.74) is 1.66. The molecule has 0 aromatic heterocycles. The fourth-order valence-corrected chi connectivity index (χ4v) is 2.95. The maximum absolute atomic E-state index is 13.5. The highest BCUT2D eigenvalue weighted by Gasteiger charge is 2.17. The zero-order valence-electron chi connectivity index (χ0n) is 14.6. The lowest BCUT2D eigenvalue weighted by Crippen LogP contribution is -2.41. The molecule has 0 radical (unpaired) electrons. The van der Waals surface area contributed by atoms with E-state index in [2.05, 4.69) is 10.6 Å². The van der Waals surface area contributed by atoms with Crippen molar-refractivity contribution in [3.8, 4) is 0 Å². The topological polar surface area (TPSA) is 44.4 Å². The molecule has 2 atom stereocenters. The summed E-state index contributed by atoms with van der Waals surface area (Å²) in [4.78, 5) is 14.1. The van der Waals surface area contributed by atoms with Crippen LogP contribution >= 0.6 is 11.6 Å². The van der Waals surface area contributed by atoms with E-state index in [1.54, 1.807) is 12.1 Å². The van der Waals surface area contributed by atoms with Gasteiger partial charge in [-0.15, -0.1) is 0 Å². The number of halogens is 2. The first-order valence-electron chi connectivity index (χ1n) is 8.09. The Kier molecular flexibility index (Phi) is 6.79. The molecule has 0 saturated heterocycles. The Morgan fingerprint density at radius 2 is 1.92 bits per heavy atom. The average molecular weight is 364 g/mol. The van der Waals surface area contributed by atoms with Crippen LogP contribution < -0.4 is 10.6 Å². The third kappa shape index (κ3) is 5.44. The quantitative estimate of drug-likeness (QED) is 0.810. The van der Waals surface area contributed by atoms with Crippen molar-refractivity contribution in [2.45, 2.75) is 19.0 Å². The number of carbonyl (C=O) groups is 1. The van der Waals surface area contributed by atoms with Crippen molar-refractivity contribution in [1.82, 2.24) is 15.5 Å². The predicted octanol–water partition coefficient (Wildman–Crippen LogP) is 4.14. The zero-order chi connectivity index (χ0) is 18.4. The van der Waals surface area contributed by atoms with Gasteiger partial charge in [-0.3, -0.25) is 0 Å². The van der Waals surface area contributed by atoms with Crippen LogP contribution in [0.2, 0.25) is 5.02 Å². The molecule has 2 unspecified atom stereocenters. The molecule has 2 aromatic rings. The van der Waals surface area contributed by atoms with Crippen molar-refractivity contribution in [3.63, 3.8) is 0 Å². The van der Waals surface area contributed by atoms with Crippen molar-refractivity contribution in [2.75, 3.05) is 20.6 Å².